The van der Waals surface area contributed by atoms with Gasteiger partial charge < -0.3 is 21.3 Å². The summed E-state index contributed by atoms with van der Waals surface area (Å²) in [5.74, 6) is 1.75. The summed E-state index contributed by atoms with van der Waals surface area (Å²) in [6.45, 7) is 6.79. The van der Waals surface area contributed by atoms with Crippen LogP contribution in [0.3, 0.4) is 0 Å². The Morgan fingerprint density at radius 2 is 1.15 bits per heavy atom. The van der Waals surface area contributed by atoms with Crippen LogP contribution in [0.1, 0.15) is 54.8 Å². The summed E-state index contributed by atoms with van der Waals surface area (Å²) < 4.78 is 53.5. The third kappa shape index (κ3) is 10.3. The van der Waals surface area contributed by atoms with E-state index in [1.54, 1.807) is 32.9 Å². The molecule has 12 heteroatoms. The van der Waals surface area contributed by atoms with E-state index in [1.807, 2.05) is 6.92 Å². The number of carbonyl (C=O) groups is 2. The largest absolute Gasteiger partial charge is 0.339 e. The molecule has 0 aliphatic carbocycles. The van der Waals surface area contributed by atoms with Gasteiger partial charge in [-0.2, -0.15) is 0 Å². The van der Waals surface area contributed by atoms with Crippen molar-refractivity contribution in [2.24, 2.45) is 0 Å². The van der Waals surface area contributed by atoms with Gasteiger partial charge in [-0.15, -0.1) is 12.8 Å². The Hall–Kier alpha value is -5.88. The van der Waals surface area contributed by atoms with Gasteiger partial charge in [0.2, 0.25) is 0 Å². The van der Waals surface area contributed by atoms with Crippen molar-refractivity contribution in [2.45, 2.75) is 45.2 Å². The van der Waals surface area contributed by atoms with E-state index in [9.17, 15) is 27.2 Å². The number of amides is 2. The minimum atomic E-state index is -0.903. The first-order valence-corrected chi connectivity index (χ1v) is 14.1. The van der Waals surface area contributed by atoms with E-state index in [-0.39, 0.29) is 22.8 Å². The smallest absolute Gasteiger partial charge is 0.256 e. The Morgan fingerprint density at radius 3 is 1.53 bits per heavy atom. The molecule has 0 saturated heterocycles. The standard InChI is InChI=1S/C18H17F2N3O.C17H15F2N3O/c1-4-18(3,5-2)23-17(24)15-10-13(20)11-21-16(15)22-14-8-6-7-12(19)9-14;1-4-17(2,3)22-16(23)14-9-12(19)10-20-15(14)21-13-7-5-6-11(18)8-13/h1,6-11H,5H2,2-3H3,(H,21,22)(H,23,24);1,5-10H,2-3H3,(H,20,21)(H,22,23). The summed E-state index contributed by atoms with van der Waals surface area (Å²) in [6.07, 6.45) is 13.2. The number of hydrogen-bond acceptors (Lipinski definition) is 6. The molecule has 1 atom stereocenters. The van der Waals surface area contributed by atoms with Crippen LogP contribution in [0.15, 0.2) is 73.1 Å². The summed E-state index contributed by atoms with van der Waals surface area (Å²) in [5.41, 5.74) is -1.04. The fourth-order valence-electron chi connectivity index (χ4n) is 3.76. The van der Waals surface area contributed by atoms with Crippen molar-refractivity contribution in [3.05, 3.63) is 107 Å². The highest BCUT2D eigenvalue weighted by Crippen LogP contribution is 2.22. The molecule has 2 aromatic heterocycles. The van der Waals surface area contributed by atoms with Crippen molar-refractivity contribution in [1.82, 2.24) is 20.6 Å². The zero-order chi connectivity index (χ0) is 34.8. The lowest BCUT2D eigenvalue weighted by atomic mass is 9.99. The van der Waals surface area contributed by atoms with Crippen LogP contribution >= 0.6 is 0 Å². The number of terminal acetylenes is 2. The van der Waals surface area contributed by atoms with Crippen LogP contribution in [-0.2, 0) is 0 Å². The van der Waals surface area contributed by atoms with Crippen LogP contribution in [0.25, 0.3) is 0 Å². The van der Waals surface area contributed by atoms with Gasteiger partial charge in [0.15, 0.2) is 0 Å². The fourth-order valence-corrected chi connectivity index (χ4v) is 3.76. The zero-order valence-electron chi connectivity index (χ0n) is 26.0. The van der Waals surface area contributed by atoms with Crippen molar-refractivity contribution in [3.63, 3.8) is 0 Å². The molecule has 0 radical (unpaired) electrons. The SMILES string of the molecule is C#CC(C)(C)NC(=O)c1cc(F)cnc1Nc1cccc(F)c1.C#CC(C)(CC)NC(=O)c1cc(F)cnc1Nc1cccc(F)c1. The molecule has 0 spiro atoms. The minimum absolute atomic E-state index is 0.0193. The van der Waals surface area contributed by atoms with Crippen LogP contribution in [-0.4, -0.2) is 32.9 Å². The van der Waals surface area contributed by atoms with Crippen LogP contribution < -0.4 is 21.3 Å². The number of nitrogens with zero attached hydrogens (tertiary/aromatic N) is 2. The van der Waals surface area contributed by atoms with Crippen molar-refractivity contribution in [2.75, 3.05) is 10.6 Å². The van der Waals surface area contributed by atoms with Gasteiger partial charge in [-0.25, -0.2) is 27.5 Å². The molecule has 47 heavy (non-hydrogen) atoms. The van der Waals surface area contributed by atoms with E-state index in [0.717, 1.165) is 24.5 Å². The van der Waals surface area contributed by atoms with Crippen LogP contribution in [0.5, 0.6) is 0 Å². The van der Waals surface area contributed by atoms with Crippen molar-refractivity contribution < 1.29 is 27.2 Å². The topological polar surface area (TPSA) is 108 Å². The van der Waals surface area contributed by atoms with Gasteiger partial charge in [0.05, 0.1) is 34.6 Å². The second-order valence-corrected chi connectivity index (χ2v) is 10.9. The van der Waals surface area contributed by atoms with Crippen molar-refractivity contribution >= 4 is 34.8 Å². The number of halogens is 4. The molecule has 1 unspecified atom stereocenters. The predicted octanol–water partition coefficient (Wildman–Crippen LogP) is 6.88. The Kier molecular flexibility index (Phi) is 11.7. The van der Waals surface area contributed by atoms with Crippen molar-refractivity contribution in [3.8, 4) is 24.7 Å². The molecule has 0 aliphatic heterocycles. The van der Waals surface area contributed by atoms with E-state index in [0.29, 0.717) is 17.8 Å². The van der Waals surface area contributed by atoms with E-state index in [1.165, 1.54) is 36.4 Å². The Bertz CT molecular complexity index is 1850. The molecule has 0 fully saturated rings. The number of aromatic nitrogens is 2. The van der Waals surface area contributed by atoms with Gasteiger partial charge >= 0.3 is 0 Å². The monoisotopic (exact) mass is 644 g/mol. The molecule has 2 amide bonds. The molecule has 0 bridgehead atoms. The van der Waals surface area contributed by atoms with E-state index >= 15 is 0 Å². The number of benzene rings is 2. The number of rotatable bonds is 9. The zero-order valence-corrected chi connectivity index (χ0v) is 26.0. The second-order valence-electron chi connectivity index (χ2n) is 10.9. The summed E-state index contributed by atoms with van der Waals surface area (Å²) >= 11 is 0. The third-order valence-corrected chi connectivity index (χ3v) is 6.57. The molecular weight excluding hydrogens is 612 g/mol. The van der Waals surface area contributed by atoms with E-state index in [4.69, 9.17) is 12.8 Å². The summed E-state index contributed by atoms with van der Waals surface area (Å²) in [6, 6.07) is 13.3. The van der Waals surface area contributed by atoms with E-state index < -0.39 is 46.2 Å². The van der Waals surface area contributed by atoms with Gasteiger partial charge in [-0.05, 0) is 75.7 Å². The number of nitrogens with one attached hydrogen (secondary N) is 4. The third-order valence-electron chi connectivity index (χ3n) is 6.57. The number of hydrogen-bond donors (Lipinski definition) is 4. The minimum Gasteiger partial charge on any atom is -0.339 e. The van der Waals surface area contributed by atoms with Crippen LogP contribution in [0.4, 0.5) is 40.6 Å². The quantitative estimate of drug-likeness (QED) is 0.117. The maximum atomic E-state index is 13.5. The molecule has 2 heterocycles. The Morgan fingerprint density at radius 1 is 0.702 bits per heavy atom. The lowest BCUT2D eigenvalue weighted by Gasteiger charge is -2.24. The summed E-state index contributed by atoms with van der Waals surface area (Å²) in [7, 11) is 0. The lowest BCUT2D eigenvalue weighted by molar-refractivity contribution is 0.0917. The first kappa shape index (κ1) is 35.6. The highest BCUT2D eigenvalue weighted by atomic mass is 19.1. The van der Waals surface area contributed by atoms with Gasteiger partial charge in [0, 0.05) is 11.4 Å². The molecule has 2 aromatic carbocycles. The lowest BCUT2D eigenvalue weighted by Crippen LogP contribution is -2.44. The maximum Gasteiger partial charge on any atom is 0.256 e. The van der Waals surface area contributed by atoms with Crippen molar-refractivity contribution in [1.29, 1.82) is 0 Å². The fraction of sp³-hybridized carbons (Fsp3) is 0.200. The normalized spacial score (nSPS) is 11.8. The van der Waals surface area contributed by atoms with Gasteiger partial charge in [0.1, 0.15) is 34.9 Å². The number of pyridine rings is 2. The molecule has 8 nitrogen and oxygen atoms in total. The first-order chi connectivity index (χ1) is 22.2. The maximum absolute atomic E-state index is 13.5. The highest BCUT2D eigenvalue weighted by molar-refractivity contribution is 6.00. The number of anilines is 4. The predicted molar refractivity (Wildman–Crippen MR) is 173 cm³/mol. The van der Waals surface area contributed by atoms with Gasteiger partial charge in [-0.1, -0.05) is 30.9 Å². The summed E-state index contributed by atoms with van der Waals surface area (Å²) in [4.78, 5) is 32.5. The molecule has 4 aromatic rings. The highest BCUT2D eigenvalue weighted by Gasteiger charge is 2.25. The molecule has 4 rings (SSSR count). The Balaban J connectivity index is 0.000000256. The molecular formula is C35H32F4N6O2. The Labute approximate surface area is 270 Å². The molecule has 242 valence electrons. The molecule has 4 N–H and O–H groups in total. The molecule has 0 aliphatic rings. The average molecular weight is 645 g/mol. The van der Waals surface area contributed by atoms with E-state index in [2.05, 4.69) is 43.1 Å². The van der Waals surface area contributed by atoms with Crippen LogP contribution in [0, 0.1) is 48.0 Å². The van der Waals surface area contributed by atoms with Gasteiger partial charge in [0.25, 0.3) is 11.8 Å². The summed E-state index contributed by atoms with van der Waals surface area (Å²) in [5, 5.41) is 10.9. The second kappa shape index (κ2) is 15.4. The van der Waals surface area contributed by atoms with Gasteiger partial charge in [-0.3, -0.25) is 9.59 Å². The first-order valence-electron chi connectivity index (χ1n) is 14.1. The average Bonchev–Trinajstić information content (AvgIpc) is 3.03. The van der Waals surface area contributed by atoms with Crippen LogP contribution in [0.2, 0.25) is 0 Å². The molecule has 0 saturated carbocycles. The number of carbonyl (C=O) groups excluding carboxylic acids is 2.